The average molecular weight is 304 g/mol. The van der Waals surface area contributed by atoms with Crippen molar-refractivity contribution < 1.29 is 9.57 Å². The number of rotatable bonds is 1. The average Bonchev–Trinajstić information content (AvgIpc) is 2.70. The lowest BCUT2D eigenvalue weighted by atomic mass is 9.87. The highest BCUT2D eigenvalue weighted by Crippen LogP contribution is 2.42. The van der Waals surface area contributed by atoms with Gasteiger partial charge >= 0.3 is 6.02 Å². The molecule has 1 unspecified atom stereocenters. The van der Waals surface area contributed by atoms with Gasteiger partial charge < -0.3 is 4.74 Å². The van der Waals surface area contributed by atoms with Gasteiger partial charge in [0.2, 0.25) is 5.79 Å². The summed E-state index contributed by atoms with van der Waals surface area (Å²) in [6, 6.07) is 8.56. The fourth-order valence-corrected chi connectivity index (χ4v) is 1.96. The van der Waals surface area contributed by atoms with Gasteiger partial charge in [0, 0.05) is 12.3 Å². The Balaban J connectivity index is 2.41. The third-order valence-electron chi connectivity index (χ3n) is 3.96. The largest absolute Gasteiger partial charge is 0.428 e. The van der Waals surface area contributed by atoms with Crippen LogP contribution in [0.2, 0.25) is 0 Å². The van der Waals surface area contributed by atoms with Crippen LogP contribution in [0.5, 0.6) is 0 Å². The van der Waals surface area contributed by atoms with Crippen LogP contribution in [-0.2, 0) is 9.57 Å². The van der Waals surface area contributed by atoms with Crippen LogP contribution in [0.25, 0.3) is 0 Å². The first-order valence-corrected chi connectivity index (χ1v) is 7.76. The van der Waals surface area contributed by atoms with Crippen LogP contribution in [0.15, 0.2) is 29.3 Å². The molecule has 1 fully saturated rings. The van der Waals surface area contributed by atoms with Gasteiger partial charge in [-0.25, -0.2) is 4.84 Å². The normalized spacial score (nSPS) is 24.7. The van der Waals surface area contributed by atoms with Crippen LogP contribution >= 0.6 is 0 Å². The van der Waals surface area contributed by atoms with Crippen molar-refractivity contribution >= 4 is 11.7 Å². The number of aryl methyl sites for hydroxylation is 1. The van der Waals surface area contributed by atoms with E-state index >= 15 is 0 Å². The fourth-order valence-electron chi connectivity index (χ4n) is 1.96. The number of aliphatic imine (C=N–C) groups is 1. The van der Waals surface area contributed by atoms with E-state index in [4.69, 9.17) is 9.57 Å². The predicted octanol–water partition coefficient (Wildman–Crippen LogP) is 4.81. The summed E-state index contributed by atoms with van der Waals surface area (Å²) in [5.74, 6) is -0.746. The molecule has 4 heteroatoms. The quantitative estimate of drug-likeness (QED) is 0.747. The number of nitrogens with zero attached hydrogens (tertiary/aromatic N) is 2. The Labute approximate surface area is 134 Å². The van der Waals surface area contributed by atoms with Gasteiger partial charge in [-0.15, -0.1) is 0 Å². The van der Waals surface area contributed by atoms with Gasteiger partial charge in [-0.05, 0) is 39.8 Å². The minimum atomic E-state index is -0.746. The van der Waals surface area contributed by atoms with Crippen LogP contribution in [0, 0.1) is 12.3 Å². The second kappa shape index (κ2) is 5.27. The van der Waals surface area contributed by atoms with Crippen molar-refractivity contribution in [3.8, 4) is 0 Å². The molecule has 1 atom stereocenters. The molecule has 1 aromatic rings. The first-order chi connectivity index (χ1) is 9.92. The molecule has 122 valence electrons. The van der Waals surface area contributed by atoms with E-state index in [0.717, 1.165) is 5.69 Å². The summed E-state index contributed by atoms with van der Waals surface area (Å²) >= 11 is 0. The summed E-state index contributed by atoms with van der Waals surface area (Å²) in [5, 5.41) is 1.78. The predicted molar refractivity (Wildman–Crippen MR) is 89.9 cm³/mol. The van der Waals surface area contributed by atoms with Gasteiger partial charge in [0.15, 0.2) is 0 Å². The van der Waals surface area contributed by atoms with Crippen molar-refractivity contribution in [1.82, 2.24) is 5.06 Å². The van der Waals surface area contributed by atoms with Gasteiger partial charge in [-0.2, -0.15) is 10.1 Å². The SMILES string of the molecule is Cc1ccc(N=C2OC(C)(C(C)(C)C)ON2C(C)(C)C)cc1. The minimum absolute atomic E-state index is 0.180. The van der Waals surface area contributed by atoms with Crippen LogP contribution < -0.4 is 0 Å². The molecular weight excluding hydrogens is 276 g/mol. The van der Waals surface area contributed by atoms with Crippen LogP contribution in [0.1, 0.15) is 54.0 Å². The number of benzene rings is 1. The molecule has 1 aliphatic heterocycles. The monoisotopic (exact) mass is 304 g/mol. The molecule has 1 aromatic carbocycles. The van der Waals surface area contributed by atoms with Gasteiger partial charge in [0.05, 0.1) is 11.2 Å². The third-order valence-corrected chi connectivity index (χ3v) is 3.96. The molecule has 1 heterocycles. The van der Waals surface area contributed by atoms with E-state index in [2.05, 4.69) is 53.5 Å². The summed E-state index contributed by atoms with van der Waals surface area (Å²) in [7, 11) is 0. The maximum Gasteiger partial charge on any atom is 0.320 e. The third kappa shape index (κ3) is 3.27. The highest BCUT2D eigenvalue weighted by Gasteiger charge is 2.53. The first-order valence-electron chi connectivity index (χ1n) is 7.76. The van der Waals surface area contributed by atoms with Crippen molar-refractivity contribution in [2.75, 3.05) is 0 Å². The molecule has 0 N–H and O–H groups in total. The second-order valence-electron chi connectivity index (χ2n) is 8.08. The highest BCUT2D eigenvalue weighted by atomic mass is 16.9. The Bertz CT molecular complexity index is 564. The van der Waals surface area contributed by atoms with Crippen LogP contribution in [-0.4, -0.2) is 22.4 Å². The van der Waals surface area contributed by atoms with Crippen molar-refractivity contribution in [3.63, 3.8) is 0 Å². The van der Waals surface area contributed by atoms with E-state index in [1.807, 2.05) is 31.2 Å². The zero-order chi connectivity index (χ0) is 16.8. The van der Waals surface area contributed by atoms with E-state index < -0.39 is 5.79 Å². The zero-order valence-electron chi connectivity index (χ0n) is 15.0. The lowest BCUT2D eigenvalue weighted by Crippen LogP contribution is -2.45. The maximum absolute atomic E-state index is 6.17. The van der Waals surface area contributed by atoms with Gasteiger partial charge in [-0.3, -0.25) is 0 Å². The summed E-state index contributed by atoms with van der Waals surface area (Å²) in [4.78, 5) is 10.8. The Hall–Kier alpha value is -1.55. The molecule has 0 radical (unpaired) electrons. The minimum Gasteiger partial charge on any atom is -0.428 e. The van der Waals surface area contributed by atoms with Crippen molar-refractivity contribution in [2.24, 2.45) is 10.4 Å². The molecule has 0 spiro atoms. The molecule has 4 nitrogen and oxygen atoms in total. The number of hydrogen-bond donors (Lipinski definition) is 0. The van der Waals surface area contributed by atoms with E-state index in [1.165, 1.54) is 5.56 Å². The molecule has 0 aliphatic carbocycles. The molecule has 0 bridgehead atoms. The molecule has 2 rings (SSSR count). The molecule has 0 amide bonds. The summed E-state index contributed by atoms with van der Waals surface area (Å²) < 4.78 is 6.14. The maximum atomic E-state index is 6.17. The highest BCUT2D eigenvalue weighted by molar-refractivity contribution is 5.78. The first kappa shape index (κ1) is 16.8. The summed E-state index contributed by atoms with van der Waals surface area (Å²) in [6.07, 6.45) is 0. The molecule has 22 heavy (non-hydrogen) atoms. The van der Waals surface area contributed by atoms with Crippen LogP contribution in [0.3, 0.4) is 0 Å². The van der Waals surface area contributed by atoms with E-state index in [9.17, 15) is 0 Å². The second-order valence-corrected chi connectivity index (χ2v) is 8.08. The van der Waals surface area contributed by atoms with Gasteiger partial charge in [-0.1, -0.05) is 38.5 Å². The summed E-state index contributed by atoms with van der Waals surface area (Å²) in [6.45, 7) is 16.6. The van der Waals surface area contributed by atoms with E-state index in [-0.39, 0.29) is 11.0 Å². The Morgan fingerprint density at radius 1 is 1.00 bits per heavy atom. The molecular formula is C18H28N2O2. The lowest BCUT2D eigenvalue weighted by Gasteiger charge is -2.36. The van der Waals surface area contributed by atoms with Crippen molar-refractivity contribution in [1.29, 1.82) is 0 Å². The smallest absolute Gasteiger partial charge is 0.320 e. The van der Waals surface area contributed by atoms with Gasteiger partial charge in [0.1, 0.15) is 0 Å². The van der Waals surface area contributed by atoms with E-state index in [0.29, 0.717) is 6.02 Å². The number of hydrogen-bond acceptors (Lipinski definition) is 3. The molecule has 0 aromatic heterocycles. The van der Waals surface area contributed by atoms with Gasteiger partial charge in [0.25, 0.3) is 0 Å². The number of hydroxylamine groups is 2. The Morgan fingerprint density at radius 3 is 2.00 bits per heavy atom. The summed E-state index contributed by atoms with van der Waals surface area (Å²) in [5.41, 5.74) is 1.64. The molecule has 1 saturated heterocycles. The van der Waals surface area contributed by atoms with Crippen molar-refractivity contribution in [2.45, 2.75) is 66.7 Å². The number of amidine groups is 1. The topological polar surface area (TPSA) is 34.1 Å². The lowest BCUT2D eigenvalue weighted by molar-refractivity contribution is -0.288. The standard InChI is InChI=1S/C18H28N2O2/c1-13-9-11-14(12-10-13)19-15-20(17(5,6)7)22-18(8,21-15)16(2,3)4/h9-12H,1-8H3. The van der Waals surface area contributed by atoms with Crippen molar-refractivity contribution in [3.05, 3.63) is 29.8 Å². The molecule has 0 saturated carbocycles. The number of ether oxygens (including phenoxy) is 1. The van der Waals surface area contributed by atoms with Crippen LogP contribution in [0.4, 0.5) is 5.69 Å². The van der Waals surface area contributed by atoms with E-state index in [1.54, 1.807) is 5.06 Å². The Kier molecular flexibility index (Phi) is 4.03. The molecule has 1 aliphatic rings. The zero-order valence-corrected chi connectivity index (χ0v) is 15.0. The fraction of sp³-hybridized carbons (Fsp3) is 0.611. The Morgan fingerprint density at radius 2 is 1.55 bits per heavy atom.